The zero-order valence-electron chi connectivity index (χ0n) is 34.7. The summed E-state index contributed by atoms with van der Waals surface area (Å²) in [5, 5.41) is 5.35. The van der Waals surface area contributed by atoms with Gasteiger partial charge in [-0.3, -0.25) is 9.59 Å². The predicted octanol–water partition coefficient (Wildman–Crippen LogP) is 7.25. The maximum absolute atomic E-state index is 15.1. The average molecular weight is 827 g/mol. The molecule has 1 spiro atoms. The first-order valence-electron chi connectivity index (χ1n) is 20.7. The normalized spacial score (nSPS) is 20.8. The lowest BCUT2D eigenvalue weighted by Crippen LogP contribution is -2.51. The van der Waals surface area contributed by atoms with Gasteiger partial charge in [-0.15, -0.1) is 0 Å². The van der Waals surface area contributed by atoms with Gasteiger partial charge in [-0.1, -0.05) is 52.0 Å². The van der Waals surface area contributed by atoms with Crippen LogP contribution in [0.4, 0.5) is 18.4 Å². The monoisotopic (exact) mass is 826 g/mol. The fourth-order valence-corrected chi connectivity index (χ4v) is 9.73. The number of aromatic nitrogens is 4. The summed E-state index contributed by atoms with van der Waals surface area (Å²) in [6.07, 6.45) is 4.42. The third-order valence-corrected chi connectivity index (χ3v) is 12.8. The van der Waals surface area contributed by atoms with Crippen molar-refractivity contribution >= 4 is 24.0 Å². The van der Waals surface area contributed by atoms with Gasteiger partial charge in [0, 0.05) is 31.3 Å². The van der Waals surface area contributed by atoms with Crippen LogP contribution < -0.4 is 10.6 Å². The molecule has 1 saturated carbocycles. The SMILES string of the molecule is COC(=O)N[C@H](C(=O)N1CCC[C@H]1c1ncc(-c2ccc3c(c2)C2(CC(F)(F)C2)c2cc(-c4cnc([C@@H]5CCCN5C(=O)[C@@H](NC(=O)OC)C(C)C)[nH]4)ccc2-3)[nH]1)C(C)C. The molecule has 0 unspecified atom stereocenters. The van der Waals surface area contributed by atoms with E-state index in [0.717, 1.165) is 46.2 Å². The van der Waals surface area contributed by atoms with Gasteiger partial charge in [0.25, 0.3) is 5.92 Å². The summed E-state index contributed by atoms with van der Waals surface area (Å²) in [6.45, 7) is 8.52. The first-order valence-corrected chi connectivity index (χ1v) is 20.7. The van der Waals surface area contributed by atoms with Gasteiger partial charge in [0.2, 0.25) is 11.8 Å². The number of nitrogens with zero attached hydrogens (tertiary/aromatic N) is 4. The molecule has 0 bridgehead atoms. The van der Waals surface area contributed by atoms with Gasteiger partial charge in [0.15, 0.2) is 0 Å². The molecule has 4 atom stereocenters. The molecule has 2 aliphatic carbocycles. The summed E-state index contributed by atoms with van der Waals surface area (Å²) in [7, 11) is 2.53. The number of alkyl halides is 2. The van der Waals surface area contributed by atoms with Crippen LogP contribution in [0.5, 0.6) is 0 Å². The van der Waals surface area contributed by atoms with Crippen molar-refractivity contribution in [3.05, 3.63) is 71.6 Å². The van der Waals surface area contributed by atoms with E-state index in [1.165, 1.54) is 14.2 Å². The minimum absolute atomic E-state index is 0.165. The van der Waals surface area contributed by atoms with Gasteiger partial charge in [0.05, 0.1) is 50.1 Å². The number of carbonyl (C=O) groups excluding carboxylic acids is 4. The Morgan fingerprint density at radius 2 is 1.13 bits per heavy atom. The summed E-state index contributed by atoms with van der Waals surface area (Å²) in [4.78, 5) is 71.3. The number of alkyl carbamates (subject to hydrolysis) is 2. The highest BCUT2D eigenvalue weighted by molar-refractivity contribution is 5.88. The number of rotatable bonds is 10. The van der Waals surface area contributed by atoms with Crippen molar-refractivity contribution < 1.29 is 37.4 Å². The Hall–Kier alpha value is -5.80. The lowest BCUT2D eigenvalue weighted by molar-refractivity contribution is -0.136. The van der Waals surface area contributed by atoms with Crippen LogP contribution in [0.2, 0.25) is 0 Å². The van der Waals surface area contributed by atoms with E-state index in [-0.39, 0.29) is 48.6 Å². The number of H-pyrrole nitrogens is 2. The molecule has 0 radical (unpaired) electrons. The summed E-state index contributed by atoms with van der Waals surface area (Å²) >= 11 is 0. The lowest BCUT2D eigenvalue weighted by Gasteiger charge is -2.46. The first kappa shape index (κ1) is 41.0. The average Bonchev–Trinajstić information content (AvgIpc) is 4.07. The smallest absolute Gasteiger partial charge is 0.407 e. The third-order valence-electron chi connectivity index (χ3n) is 12.8. The Balaban J connectivity index is 1.05. The van der Waals surface area contributed by atoms with Crippen LogP contribution in [0.1, 0.15) is 101 Å². The molecule has 8 rings (SSSR count). The summed E-state index contributed by atoms with van der Waals surface area (Å²) in [5.74, 6) is -2.32. The zero-order chi connectivity index (χ0) is 42.7. The van der Waals surface area contributed by atoms with E-state index in [4.69, 9.17) is 19.4 Å². The second-order valence-electron chi connectivity index (χ2n) is 17.3. The Morgan fingerprint density at radius 3 is 1.50 bits per heavy atom. The molecule has 2 aromatic heterocycles. The number of methoxy groups -OCH3 is 2. The minimum Gasteiger partial charge on any atom is -0.453 e. The maximum atomic E-state index is 15.1. The number of hydrogen-bond donors (Lipinski definition) is 4. The molecule has 4 aliphatic rings. The molecular formula is C44H52F2N8O6. The summed E-state index contributed by atoms with van der Waals surface area (Å²) in [6, 6.07) is 9.76. The Kier molecular flexibility index (Phi) is 10.7. The number of amides is 4. The van der Waals surface area contributed by atoms with Crippen molar-refractivity contribution in [3.63, 3.8) is 0 Å². The lowest BCUT2D eigenvalue weighted by atomic mass is 9.60. The van der Waals surface area contributed by atoms with Crippen molar-refractivity contribution in [3.8, 4) is 33.6 Å². The van der Waals surface area contributed by atoms with E-state index >= 15 is 8.78 Å². The third kappa shape index (κ3) is 7.16. The Bertz CT molecular complexity index is 2160. The van der Waals surface area contributed by atoms with E-state index in [1.54, 1.807) is 22.2 Å². The number of nitrogens with one attached hydrogen (secondary N) is 4. The highest BCUT2D eigenvalue weighted by Crippen LogP contribution is 2.64. The van der Waals surface area contributed by atoms with Crippen molar-refractivity contribution in [2.45, 2.75) is 102 Å². The largest absolute Gasteiger partial charge is 0.453 e. The van der Waals surface area contributed by atoms with Crippen LogP contribution in [0.15, 0.2) is 48.8 Å². The highest BCUT2D eigenvalue weighted by atomic mass is 19.3. The molecule has 2 aliphatic heterocycles. The first-order chi connectivity index (χ1) is 28.6. The molecule has 2 aromatic carbocycles. The van der Waals surface area contributed by atoms with Crippen LogP contribution in [0, 0.1) is 11.8 Å². The molecule has 3 fully saturated rings. The molecule has 318 valence electrons. The minimum atomic E-state index is -2.82. The number of carbonyl (C=O) groups is 4. The summed E-state index contributed by atoms with van der Waals surface area (Å²) < 4.78 is 39.7. The number of likely N-dealkylation sites (tertiary alicyclic amines) is 2. The summed E-state index contributed by atoms with van der Waals surface area (Å²) in [5.41, 5.74) is 5.62. The molecule has 14 nitrogen and oxygen atoms in total. The molecule has 2 saturated heterocycles. The quantitative estimate of drug-likeness (QED) is 0.129. The van der Waals surface area contributed by atoms with Gasteiger partial charge in [-0.25, -0.2) is 28.3 Å². The van der Waals surface area contributed by atoms with Crippen LogP contribution in [0.25, 0.3) is 33.6 Å². The van der Waals surface area contributed by atoms with E-state index in [0.29, 0.717) is 49.0 Å². The topological polar surface area (TPSA) is 175 Å². The zero-order valence-corrected chi connectivity index (χ0v) is 34.7. The predicted molar refractivity (Wildman–Crippen MR) is 218 cm³/mol. The van der Waals surface area contributed by atoms with Crippen molar-refractivity contribution in [2.24, 2.45) is 11.8 Å². The number of halogens is 2. The highest BCUT2D eigenvalue weighted by Gasteiger charge is 2.61. The molecular weight excluding hydrogens is 775 g/mol. The van der Waals surface area contributed by atoms with Gasteiger partial charge < -0.3 is 39.9 Å². The van der Waals surface area contributed by atoms with Gasteiger partial charge in [-0.2, -0.15) is 0 Å². The molecule has 4 aromatic rings. The molecule has 4 N–H and O–H groups in total. The van der Waals surface area contributed by atoms with Gasteiger partial charge in [-0.05, 0) is 83.0 Å². The van der Waals surface area contributed by atoms with Crippen LogP contribution in [-0.4, -0.2) is 99.1 Å². The Morgan fingerprint density at radius 1 is 0.717 bits per heavy atom. The van der Waals surface area contributed by atoms with Crippen LogP contribution in [0.3, 0.4) is 0 Å². The van der Waals surface area contributed by atoms with E-state index in [1.807, 2.05) is 64.1 Å². The second kappa shape index (κ2) is 15.7. The Labute approximate surface area is 347 Å². The molecule has 4 heterocycles. The fourth-order valence-electron chi connectivity index (χ4n) is 9.73. The second-order valence-corrected chi connectivity index (χ2v) is 17.3. The number of ether oxygens (including phenoxy) is 2. The molecule has 4 amide bonds. The number of benzene rings is 2. The standard InChI is InChI=1S/C44H52F2N8O6/c1-23(2)35(51-41(57)59-5)39(55)53-15-7-9-33(53)37-47-19-31(49-37)25-11-13-27-28-14-12-26(18-30(28)43(29(27)17-25)21-44(45,46)22-43)32-20-48-38(50-32)34-10-8-16-54(34)40(56)36(24(3)4)52-42(58)60-6/h11-14,17-20,23-24,33-36H,7-10,15-16,21-22H2,1-6H3,(H,47,49)(H,48,50)(H,51,57)(H,52,58)/t33-,34-,35-,36-/m0/s1. The number of aromatic amines is 2. The number of fused-ring (bicyclic) bond motifs is 5. The van der Waals surface area contributed by atoms with Crippen molar-refractivity contribution in [1.82, 2.24) is 40.4 Å². The maximum Gasteiger partial charge on any atom is 0.407 e. The fraction of sp³-hybridized carbons (Fsp3) is 0.500. The molecule has 60 heavy (non-hydrogen) atoms. The number of hydrogen-bond acceptors (Lipinski definition) is 8. The van der Waals surface area contributed by atoms with Crippen molar-refractivity contribution in [2.75, 3.05) is 27.3 Å². The van der Waals surface area contributed by atoms with E-state index in [9.17, 15) is 19.2 Å². The van der Waals surface area contributed by atoms with Crippen molar-refractivity contribution in [1.29, 1.82) is 0 Å². The van der Waals surface area contributed by atoms with Crippen LogP contribution >= 0.6 is 0 Å². The number of imidazole rings is 2. The van der Waals surface area contributed by atoms with E-state index in [2.05, 4.69) is 20.6 Å². The van der Waals surface area contributed by atoms with E-state index < -0.39 is 35.6 Å². The van der Waals surface area contributed by atoms with Gasteiger partial charge >= 0.3 is 12.2 Å². The van der Waals surface area contributed by atoms with Gasteiger partial charge in [0.1, 0.15) is 23.7 Å². The van der Waals surface area contributed by atoms with Crippen LogP contribution in [-0.2, 0) is 24.5 Å². The molecule has 16 heteroatoms.